The summed E-state index contributed by atoms with van der Waals surface area (Å²) in [4.78, 5) is 28.3. The molecule has 2 atom stereocenters. The molecule has 1 aliphatic rings. The molecule has 1 aliphatic carbocycles. The van der Waals surface area contributed by atoms with Gasteiger partial charge in [0, 0.05) is 33.4 Å². The van der Waals surface area contributed by atoms with Crippen LogP contribution >= 0.6 is 15.9 Å². The zero-order valence-electron chi connectivity index (χ0n) is 15.5. The second-order valence-corrected chi connectivity index (χ2v) is 8.09. The number of nitrogens with one attached hydrogen (secondary N) is 4. The van der Waals surface area contributed by atoms with Gasteiger partial charge in [-0.05, 0) is 44.9 Å². The lowest BCUT2D eigenvalue weighted by Crippen LogP contribution is -2.48. The van der Waals surface area contributed by atoms with Gasteiger partial charge in [0.25, 0.3) is 11.8 Å². The molecular formula is C19H21BrN6O2. The molecule has 3 aromatic rings. The molecule has 1 aromatic carbocycles. The van der Waals surface area contributed by atoms with Gasteiger partial charge in [0.2, 0.25) is 0 Å². The molecule has 28 heavy (non-hydrogen) atoms. The maximum absolute atomic E-state index is 12.6. The van der Waals surface area contributed by atoms with Crippen LogP contribution in [0.2, 0.25) is 0 Å². The SMILES string of the molecule is CC(NC(=O)c1cc2c(Br)cccc2[nH]1)C(C)NC(=O)c1n[nH]nc1C1CC1. The maximum atomic E-state index is 12.6. The molecule has 2 amide bonds. The molecule has 2 aromatic heterocycles. The number of aromatic nitrogens is 4. The van der Waals surface area contributed by atoms with Crippen LogP contribution in [0.1, 0.15) is 59.3 Å². The molecule has 0 bridgehead atoms. The fraction of sp³-hybridized carbons (Fsp3) is 0.368. The van der Waals surface area contributed by atoms with Crippen LogP contribution in [-0.2, 0) is 0 Å². The van der Waals surface area contributed by atoms with Crippen molar-refractivity contribution in [3.05, 3.63) is 45.8 Å². The Morgan fingerprint density at radius 3 is 2.54 bits per heavy atom. The molecule has 0 saturated heterocycles. The highest BCUT2D eigenvalue weighted by Gasteiger charge is 2.32. The molecule has 8 nitrogen and oxygen atoms in total. The number of hydrogen-bond donors (Lipinski definition) is 4. The van der Waals surface area contributed by atoms with Gasteiger partial charge in [-0.2, -0.15) is 15.4 Å². The van der Waals surface area contributed by atoms with E-state index in [1.54, 1.807) is 0 Å². The normalized spacial score (nSPS) is 16.0. The van der Waals surface area contributed by atoms with Crippen LogP contribution in [0.15, 0.2) is 28.7 Å². The molecule has 0 aliphatic heterocycles. The van der Waals surface area contributed by atoms with Gasteiger partial charge >= 0.3 is 0 Å². The van der Waals surface area contributed by atoms with E-state index in [-0.39, 0.29) is 23.9 Å². The van der Waals surface area contributed by atoms with Crippen LogP contribution in [0.5, 0.6) is 0 Å². The van der Waals surface area contributed by atoms with Crippen molar-refractivity contribution in [1.82, 2.24) is 31.0 Å². The molecule has 4 N–H and O–H groups in total. The predicted octanol–water partition coefficient (Wildman–Crippen LogP) is 2.86. The zero-order valence-corrected chi connectivity index (χ0v) is 17.1. The Labute approximate surface area is 170 Å². The molecule has 1 saturated carbocycles. The summed E-state index contributed by atoms with van der Waals surface area (Å²) in [5.74, 6) is -0.177. The summed E-state index contributed by atoms with van der Waals surface area (Å²) in [6.07, 6.45) is 2.07. The summed E-state index contributed by atoms with van der Waals surface area (Å²) in [5, 5.41) is 17.4. The molecular weight excluding hydrogens is 424 g/mol. The fourth-order valence-electron chi connectivity index (χ4n) is 3.10. The number of carbonyl (C=O) groups excluding carboxylic acids is 2. The van der Waals surface area contributed by atoms with Crippen LogP contribution in [0.4, 0.5) is 0 Å². The first-order valence-corrected chi connectivity index (χ1v) is 10.0. The van der Waals surface area contributed by atoms with Crippen LogP contribution in [0.3, 0.4) is 0 Å². The Hall–Kier alpha value is -2.68. The lowest BCUT2D eigenvalue weighted by Gasteiger charge is -2.22. The Balaban J connectivity index is 1.39. The van der Waals surface area contributed by atoms with E-state index in [0.29, 0.717) is 17.3 Å². The van der Waals surface area contributed by atoms with Gasteiger partial charge in [-0.3, -0.25) is 9.59 Å². The number of H-pyrrole nitrogens is 2. The average Bonchev–Trinajstić information content (AvgIpc) is 3.21. The summed E-state index contributed by atoms with van der Waals surface area (Å²) in [6, 6.07) is 7.00. The highest BCUT2D eigenvalue weighted by molar-refractivity contribution is 9.10. The van der Waals surface area contributed by atoms with Crippen molar-refractivity contribution in [2.24, 2.45) is 0 Å². The van der Waals surface area contributed by atoms with E-state index in [4.69, 9.17) is 0 Å². The third kappa shape index (κ3) is 3.66. The van der Waals surface area contributed by atoms with Crippen LogP contribution in [0.25, 0.3) is 10.9 Å². The quantitative estimate of drug-likeness (QED) is 0.467. The second kappa shape index (κ2) is 7.38. The Kier molecular flexibility index (Phi) is 4.92. The average molecular weight is 445 g/mol. The number of hydrogen-bond acceptors (Lipinski definition) is 4. The van der Waals surface area contributed by atoms with E-state index < -0.39 is 0 Å². The van der Waals surface area contributed by atoms with Gasteiger partial charge in [-0.15, -0.1) is 0 Å². The molecule has 2 unspecified atom stereocenters. The fourth-order valence-corrected chi connectivity index (χ4v) is 3.58. The van der Waals surface area contributed by atoms with Crippen LogP contribution in [-0.4, -0.2) is 44.3 Å². The molecule has 146 valence electrons. The number of rotatable bonds is 6. The van der Waals surface area contributed by atoms with Gasteiger partial charge in [-0.1, -0.05) is 22.0 Å². The molecule has 1 fully saturated rings. The number of fused-ring (bicyclic) bond motifs is 1. The minimum atomic E-state index is -0.281. The summed E-state index contributed by atoms with van der Waals surface area (Å²) in [5.41, 5.74) is 2.42. The van der Waals surface area contributed by atoms with Crippen molar-refractivity contribution >= 4 is 38.6 Å². The molecule has 4 rings (SSSR count). The van der Waals surface area contributed by atoms with Gasteiger partial charge in [0.05, 0.1) is 5.69 Å². The lowest BCUT2D eigenvalue weighted by atomic mass is 10.1. The second-order valence-electron chi connectivity index (χ2n) is 7.24. The number of carbonyl (C=O) groups is 2. The summed E-state index contributed by atoms with van der Waals surface area (Å²) < 4.78 is 0.924. The third-order valence-electron chi connectivity index (χ3n) is 5.08. The Bertz CT molecular complexity index is 1040. The van der Waals surface area contributed by atoms with Crippen molar-refractivity contribution in [3.63, 3.8) is 0 Å². The minimum absolute atomic E-state index is 0.225. The van der Waals surface area contributed by atoms with E-state index in [9.17, 15) is 9.59 Å². The minimum Gasteiger partial charge on any atom is -0.350 e. The third-order valence-corrected chi connectivity index (χ3v) is 5.77. The number of amides is 2. The maximum Gasteiger partial charge on any atom is 0.274 e. The van der Waals surface area contributed by atoms with Crippen LogP contribution < -0.4 is 10.6 Å². The number of halogens is 1. The van der Waals surface area contributed by atoms with E-state index in [1.165, 1.54) is 0 Å². The van der Waals surface area contributed by atoms with E-state index in [1.807, 2.05) is 38.1 Å². The largest absolute Gasteiger partial charge is 0.350 e. The Morgan fingerprint density at radius 2 is 1.86 bits per heavy atom. The monoisotopic (exact) mass is 444 g/mol. The van der Waals surface area contributed by atoms with Crippen LogP contribution in [0, 0.1) is 0 Å². The molecule has 2 heterocycles. The summed E-state index contributed by atoms with van der Waals surface area (Å²) in [6.45, 7) is 3.70. The van der Waals surface area contributed by atoms with Gasteiger partial charge in [0.1, 0.15) is 5.69 Å². The zero-order chi connectivity index (χ0) is 19.8. The first kappa shape index (κ1) is 18.7. The van der Waals surface area contributed by atoms with E-state index in [0.717, 1.165) is 33.9 Å². The number of benzene rings is 1. The predicted molar refractivity (Wildman–Crippen MR) is 108 cm³/mol. The van der Waals surface area contributed by atoms with Crippen molar-refractivity contribution in [1.29, 1.82) is 0 Å². The van der Waals surface area contributed by atoms with E-state index in [2.05, 4.69) is 47.0 Å². The standard InChI is InChI=1S/C19H21BrN6O2/c1-9(10(2)22-19(28)17-16(11-6-7-11)24-26-25-17)21-18(27)15-8-12-13(20)4-3-5-14(12)23-15/h3-5,8-11,23H,6-7H2,1-2H3,(H,21,27)(H,22,28)(H,24,25,26). The van der Waals surface area contributed by atoms with Crippen molar-refractivity contribution in [3.8, 4) is 0 Å². The van der Waals surface area contributed by atoms with Gasteiger partial charge < -0.3 is 15.6 Å². The van der Waals surface area contributed by atoms with Crippen molar-refractivity contribution in [2.75, 3.05) is 0 Å². The first-order valence-electron chi connectivity index (χ1n) is 9.23. The highest BCUT2D eigenvalue weighted by Crippen LogP contribution is 2.39. The molecule has 0 radical (unpaired) electrons. The van der Waals surface area contributed by atoms with Crippen molar-refractivity contribution < 1.29 is 9.59 Å². The smallest absolute Gasteiger partial charge is 0.274 e. The molecule has 9 heteroatoms. The Morgan fingerprint density at radius 1 is 1.14 bits per heavy atom. The van der Waals surface area contributed by atoms with Gasteiger partial charge in [0.15, 0.2) is 5.69 Å². The van der Waals surface area contributed by atoms with Crippen molar-refractivity contribution in [2.45, 2.75) is 44.7 Å². The summed E-state index contributed by atoms with van der Waals surface area (Å²) >= 11 is 3.49. The molecule has 0 spiro atoms. The van der Waals surface area contributed by atoms with E-state index >= 15 is 0 Å². The number of aromatic amines is 2. The highest BCUT2D eigenvalue weighted by atomic mass is 79.9. The topological polar surface area (TPSA) is 116 Å². The summed E-state index contributed by atoms with van der Waals surface area (Å²) in [7, 11) is 0. The lowest BCUT2D eigenvalue weighted by molar-refractivity contribution is 0.0886. The first-order chi connectivity index (χ1) is 13.4. The number of nitrogens with zero attached hydrogens (tertiary/aromatic N) is 2. The van der Waals surface area contributed by atoms with Gasteiger partial charge in [-0.25, -0.2) is 0 Å².